The van der Waals surface area contributed by atoms with Crippen LogP contribution in [0.4, 0.5) is 5.95 Å². The van der Waals surface area contributed by atoms with E-state index < -0.39 is 5.56 Å². The van der Waals surface area contributed by atoms with Gasteiger partial charge in [-0.15, -0.1) is 5.10 Å². The van der Waals surface area contributed by atoms with Crippen LogP contribution < -0.4 is 11.3 Å². The van der Waals surface area contributed by atoms with Crippen LogP contribution in [0.5, 0.6) is 5.88 Å². The lowest BCUT2D eigenvalue weighted by atomic mass is 10.0. The maximum atomic E-state index is 12.1. The first-order chi connectivity index (χ1) is 9.08. The number of aryl methyl sites for hydroxylation is 1. The van der Waals surface area contributed by atoms with Gasteiger partial charge in [-0.3, -0.25) is 9.78 Å². The van der Waals surface area contributed by atoms with Crippen LogP contribution >= 0.6 is 0 Å². The molecule has 0 saturated heterocycles. The number of benzene rings is 1. The molecule has 0 radical (unpaired) electrons. The van der Waals surface area contributed by atoms with E-state index in [0.717, 1.165) is 10.1 Å². The minimum atomic E-state index is -0.438. The Hall–Kier alpha value is -2.83. The summed E-state index contributed by atoms with van der Waals surface area (Å²) in [5.74, 6) is -0.192. The highest BCUT2D eigenvalue weighted by Gasteiger charge is 2.17. The number of anilines is 1. The highest BCUT2D eigenvalue weighted by Crippen LogP contribution is 2.27. The van der Waals surface area contributed by atoms with Gasteiger partial charge in [0, 0.05) is 0 Å². The van der Waals surface area contributed by atoms with Crippen molar-refractivity contribution in [1.29, 1.82) is 0 Å². The van der Waals surface area contributed by atoms with Crippen LogP contribution in [0.25, 0.3) is 16.9 Å². The molecule has 0 saturated carbocycles. The SMILES string of the molecule is Cc1ccccc1-c1c(O)n2nc(N)nc2[nH]c1=O. The molecule has 0 fully saturated rings. The van der Waals surface area contributed by atoms with Crippen LogP contribution in [0.15, 0.2) is 29.1 Å². The molecule has 19 heavy (non-hydrogen) atoms. The molecular formula is C12H11N5O2. The Morgan fingerprint density at radius 3 is 2.84 bits per heavy atom. The Kier molecular flexibility index (Phi) is 2.28. The molecule has 2 heterocycles. The summed E-state index contributed by atoms with van der Waals surface area (Å²) < 4.78 is 1.11. The molecular weight excluding hydrogens is 246 g/mol. The summed E-state index contributed by atoms with van der Waals surface area (Å²) in [7, 11) is 0. The van der Waals surface area contributed by atoms with Crippen molar-refractivity contribution in [3.8, 4) is 17.0 Å². The molecule has 7 heteroatoms. The summed E-state index contributed by atoms with van der Waals surface area (Å²) in [6, 6.07) is 7.26. The molecule has 7 nitrogen and oxygen atoms in total. The lowest BCUT2D eigenvalue weighted by Gasteiger charge is -2.07. The number of aromatic amines is 1. The minimum Gasteiger partial charge on any atom is -0.493 e. The molecule has 3 aromatic rings. The number of fused-ring (bicyclic) bond motifs is 1. The van der Waals surface area contributed by atoms with Gasteiger partial charge in [0.1, 0.15) is 5.56 Å². The van der Waals surface area contributed by atoms with E-state index in [9.17, 15) is 9.90 Å². The maximum absolute atomic E-state index is 12.1. The van der Waals surface area contributed by atoms with Crippen LogP contribution in [0.3, 0.4) is 0 Å². The number of hydrogen-bond donors (Lipinski definition) is 3. The first-order valence-corrected chi connectivity index (χ1v) is 5.61. The lowest BCUT2D eigenvalue weighted by Crippen LogP contribution is -2.13. The summed E-state index contributed by atoms with van der Waals surface area (Å²) in [6.07, 6.45) is 0. The minimum absolute atomic E-state index is 0.0205. The average Bonchev–Trinajstić information content (AvgIpc) is 2.72. The van der Waals surface area contributed by atoms with E-state index in [4.69, 9.17) is 5.73 Å². The number of nitrogens with one attached hydrogen (secondary N) is 1. The van der Waals surface area contributed by atoms with E-state index in [2.05, 4.69) is 15.1 Å². The quantitative estimate of drug-likeness (QED) is 0.594. The van der Waals surface area contributed by atoms with Gasteiger partial charge in [0.25, 0.3) is 5.56 Å². The predicted octanol–water partition coefficient (Wildman–Crippen LogP) is 0.681. The van der Waals surface area contributed by atoms with Crippen molar-refractivity contribution in [3.05, 3.63) is 40.2 Å². The number of nitrogens with zero attached hydrogens (tertiary/aromatic N) is 3. The zero-order chi connectivity index (χ0) is 13.6. The molecule has 0 bridgehead atoms. The van der Waals surface area contributed by atoms with Gasteiger partial charge in [-0.25, -0.2) is 0 Å². The van der Waals surface area contributed by atoms with Crippen molar-refractivity contribution in [2.75, 3.05) is 5.73 Å². The zero-order valence-corrected chi connectivity index (χ0v) is 10.1. The van der Waals surface area contributed by atoms with E-state index in [1.54, 1.807) is 12.1 Å². The van der Waals surface area contributed by atoms with Crippen LogP contribution in [0.1, 0.15) is 5.56 Å². The molecule has 4 N–H and O–H groups in total. The number of H-pyrrole nitrogens is 1. The number of rotatable bonds is 1. The normalized spacial score (nSPS) is 11.0. The molecule has 1 aromatic carbocycles. The molecule has 0 unspecified atom stereocenters. The highest BCUT2D eigenvalue weighted by atomic mass is 16.3. The van der Waals surface area contributed by atoms with Gasteiger partial charge < -0.3 is 10.8 Å². The molecule has 0 aliphatic carbocycles. The van der Waals surface area contributed by atoms with E-state index >= 15 is 0 Å². The number of nitrogen functional groups attached to an aromatic ring is 1. The largest absolute Gasteiger partial charge is 0.493 e. The van der Waals surface area contributed by atoms with Crippen molar-refractivity contribution in [1.82, 2.24) is 19.6 Å². The van der Waals surface area contributed by atoms with Gasteiger partial charge in [0.05, 0.1) is 0 Å². The van der Waals surface area contributed by atoms with Gasteiger partial charge >= 0.3 is 0 Å². The first kappa shape index (κ1) is 11.3. The Labute approximate surface area is 107 Å². The summed E-state index contributed by atoms with van der Waals surface area (Å²) in [6.45, 7) is 1.86. The fraction of sp³-hybridized carbons (Fsp3) is 0.0833. The van der Waals surface area contributed by atoms with Crippen molar-refractivity contribution >= 4 is 11.7 Å². The van der Waals surface area contributed by atoms with E-state index in [-0.39, 0.29) is 23.2 Å². The zero-order valence-electron chi connectivity index (χ0n) is 10.1. The smallest absolute Gasteiger partial charge is 0.264 e. The third-order valence-corrected chi connectivity index (χ3v) is 2.91. The maximum Gasteiger partial charge on any atom is 0.264 e. The van der Waals surface area contributed by atoms with E-state index in [0.29, 0.717) is 5.56 Å². The molecule has 96 valence electrons. The van der Waals surface area contributed by atoms with Crippen LogP contribution in [-0.2, 0) is 0 Å². The van der Waals surface area contributed by atoms with Gasteiger partial charge in [0.15, 0.2) is 0 Å². The fourth-order valence-corrected chi connectivity index (χ4v) is 2.02. The van der Waals surface area contributed by atoms with Gasteiger partial charge in [-0.1, -0.05) is 24.3 Å². The Balaban J connectivity index is 2.42. The second-order valence-electron chi connectivity index (χ2n) is 4.17. The third kappa shape index (κ3) is 1.63. The third-order valence-electron chi connectivity index (χ3n) is 2.91. The Bertz CT molecular complexity index is 834. The average molecular weight is 257 g/mol. The van der Waals surface area contributed by atoms with Gasteiger partial charge in [-0.05, 0) is 18.1 Å². The van der Waals surface area contributed by atoms with Crippen LogP contribution in [0.2, 0.25) is 0 Å². The van der Waals surface area contributed by atoms with Crippen molar-refractivity contribution < 1.29 is 5.11 Å². The summed E-state index contributed by atoms with van der Waals surface area (Å²) in [5.41, 5.74) is 6.67. The predicted molar refractivity (Wildman–Crippen MR) is 69.9 cm³/mol. The molecule has 0 atom stereocenters. The molecule has 2 aromatic heterocycles. The Morgan fingerprint density at radius 2 is 2.11 bits per heavy atom. The fourth-order valence-electron chi connectivity index (χ4n) is 2.02. The topological polar surface area (TPSA) is 109 Å². The highest BCUT2D eigenvalue weighted by molar-refractivity contribution is 5.71. The van der Waals surface area contributed by atoms with E-state index in [1.165, 1.54) is 0 Å². The monoisotopic (exact) mass is 257 g/mol. The van der Waals surface area contributed by atoms with Crippen LogP contribution in [0, 0.1) is 6.92 Å². The molecule has 0 aliphatic heterocycles. The summed E-state index contributed by atoms with van der Waals surface area (Å²) in [5, 5.41) is 14.0. The second kappa shape index (κ2) is 3.84. The second-order valence-corrected chi connectivity index (χ2v) is 4.17. The number of aromatic nitrogens is 4. The molecule has 0 amide bonds. The lowest BCUT2D eigenvalue weighted by molar-refractivity contribution is 0.437. The summed E-state index contributed by atoms with van der Waals surface area (Å²) >= 11 is 0. The molecule has 0 spiro atoms. The number of hydrogen-bond acceptors (Lipinski definition) is 5. The molecule has 3 rings (SSSR count). The van der Waals surface area contributed by atoms with Crippen molar-refractivity contribution in [2.45, 2.75) is 6.92 Å². The summed E-state index contributed by atoms with van der Waals surface area (Å²) in [4.78, 5) is 18.4. The van der Waals surface area contributed by atoms with E-state index in [1.807, 2.05) is 19.1 Å². The molecule has 0 aliphatic rings. The van der Waals surface area contributed by atoms with Gasteiger partial charge in [-0.2, -0.15) is 9.50 Å². The van der Waals surface area contributed by atoms with Crippen LogP contribution in [-0.4, -0.2) is 24.7 Å². The van der Waals surface area contributed by atoms with Gasteiger partial charge in [0.2, 0.25) is 17.6 Å². The number of aromatic hydroxyl groups is 1. The number of nitrogens with two attached hydrogens (primary N) is 1. The Morgan fingerprint density at radius 1 is 1.37 bits per heavy atom. The van der Waals surface area contributed by atoms with Crippen molar-refractivity contribution in [3.63, 3.8) is 0 Å². The first-order valence-electron chi connectivity index (χ1n) is 5.61. The van der Waals surface area contributed by atoms with Crippen molar-refractivity contribution in [2.24, 2.45) is 0 Å². The standard InChI is InChI=1S/C12H11N5O2/c1-6-4-2-3-5-7(6)8-9(18)14-12-15-11(13)16-17(12)10(8)19/h2-5,19H,1H3,(H3,13,14,15,16,18).